The molecule has 0 saturated heterocycles. The number of carbonyl (C=O) groups is 1. The molecule has 0 bridgehead atoms. The minimum Gasteiger partial charge on any atom is -0.353 e. The van der Waals surface area contributed by atoms with E-state index in [1.807, 2.05) is 31.2 Å². The monoisotopic (exact) mass is 306 g/mol. The molecule has 0 saturated carbocycles. The Morgan fingerprint density at radius 3 is 2.95 bits per heavy atom. The summed E-state index contributed by atoms with van der Waals surface area (Å²) >= 11 is 6.12. The molecule has 1 aromatic heterocycles. The van der Waals surface area contributed by atoms with Crippen molar-refractivity contribution in [2.45, 2.75) is 38.8 Å². The SMILES string of the molecule is C[C@@H](Cc1ccccc1Cl)NC(=O)CCCn1cncn1. The van der Waals surface area contributed by atoms with Crippen molar-refractivity contribution < 1.29 is 4.79 Å². The molecule has 1 aromatic carbocycles. The highest BCUT2D eigenvalue weighted by Crippen LogP contribution is 2.16. The standard InChI is InChI=1S/C15H19ClN4O/c1-12(9-13-5-2-3-6-14(13)16)19-15(21)7-4-8-20-11-17-10-18-20/h2-3,5-6,10-12H,4,7-9H2,1H3,(H,19,21)/t12-/m0/s1. The largest absolute Gasteiger partial charge is 0.353 e. The first-order valence-electron chi connectivity index (χ1n) is 7.00. The van der Waals surface area contributed by atoms with Crippen LogP contribution in [0.1, 0.15) is 25.3 Å². The van der Waals surface area contributed by atoms with E-state index in [-0.39, 0.29) is 11.9 Å². The number of amides is 1. The van der Waals surface area contributed by atoms with Crippen molar-refractivity contribution in [1.82, 2.24) is 20.1 Å². The minimum atomic E-state index is 0.0506. The predicted octanol–water partition coefficient (Wildman–Crippen LogP) is 2.46. The highest BCUT2D eigenvalue weighted by molar-refractivity contribution is 6.31. The molecule has 0 spiro atoms. The van der Waals surface area contributed by atoms with Gasteiger partial charge in [0.1, 0.15) is 12.7 Å². The van der Waals surface area contributed by atoms with Crippen LogP contribution in [0, 0.1) is 0 Å². The fourth-order valence-electron chi connectivity index (χ4n) is 2.14. The van der Waals surface area contributed by atoms with Crippen LogP contribution in [0.25, 0.3) is 0 Å². The molecule has 0 unspecified atom stereocenters. The number of rotatable bonds is 7. The molecule has 0 aliphatic heterocycles. The summed E-state index contributed by atoms with van der Waals surface area (Å²) in [5.74, 6) is 0.0506. The lowest BCUT2D eigenvalue weighted by Gasteiger charge is -2.14. The number of hydrogen-bond donors (Lipinski definition) is 1. The molecule has 0 aliphatic carbocycles. The van der Waals surface area contributed by atoms with Gasteiger partial charge in [0, 0.05) is 24.0 Å². The molecule has 2 aromatic rings. The molecule has 1 atom stereocenters. The van der Waals surface area contributed by atoms with Gasteiger partial charge in [-0.05, 0) is 31.4 Å². The molecule has 0 fully saturated rings. The maximum Gasteiger partial charge on any atom is 0.220 e. The number of halogens is 1. The maximum atomic E-state index is 11.9. The highest BCUT2D eigenvalue weighted by atomic mass is 35.5. The van der Waals surface area contributed by atoms with Gasteiger partial charge in [0.05, 0.1) is 0 Å². The lowest BCUT2D eigenvalue weighted by molar-refractivity contribution is -0.121. The smallest absolute Gasteiger partial charge is 0.220 e. The van der Waals surface area contributed by atoms with Gasteiger partial charge in [0.2, 0.25) is 5.91 Å². The fraction of sp³-hybridized carbons (Fsp3) is 0.400. The molecule has 2 rings (SSSR count). The van der Waals surface area contributed by atoms with Crippen LogP contribution in [0.2, 0.25) is 5.02 Å². The van der Waals surface area contributed by atoms with E-state index in [9.17, 15) is 4.79 Å². The zero-order valence-corrected chi connectivity index (χ0v) is 12.8. The summed E-state index contributed by atoms with van der Waals surface area (Å²) in [5.41, 5.74) is 1.05. The van der Waals surface area contributed by atoms with Crippen LogP contribution in [0.15, 0.2) is 36.9 Å². The zero-order chi connectivity index (χ0) is 15.1. The van der Waals surface area contributed by atoms with Crippen molar-refractivity contribution in [2.75, 3.05) is 0 Å². The minimum absolute atomic E-state index is 0.0506. The molecule has 21 heavy (non-hydrogen) atoms. The summed E-state index contributed by atoms with van der Waals surface area (Å²) in [7, 11) is 0. The Bertz CT molecular complexity index is 571. The van der Waals surface area contributed by atoms with Crippen molar-refractivity contribution in [3.8, 4) is 0 Å². The second kappa shape index (κ2) is 7.78. The summed E-state index contributed by atoms with van der Waals surface area (Å²) in [6, 6.07) is 7.76. The highest BCUT2D eigenvalue weighted by Gasteiger charge is 2.09. The number of nitrogens with one attached hydrogen (secondary N) is 1. The Kier molecular flexibility index (Phi) is 5.75. The molecule has 1 amide bonds. The third-order valence-corrected chi connectivity index (χ3v) is 3.52. The summed E-state index contributed by atoms with van der Waals surface area (Å²) in [6.07, 6.45) is 5.10. The van der Waals surface area contributed by atoms with E-state index in [1.165, 1.54) is 6.33 Å². The Morgan fingerprint density at radius 1 is 1.43 bits per heavy atom. The van der Waals surface area contributed by atoms with E-state index in [0.717, 1.165) is 23.4 Å². The number of hydrogen-bond acceptors (Lipinski definition) is 3. The van der Waals surface area contributed by atoms with Crippen molar-refractivity contribution in [1.29, 1.82) is 0 Å². The van der Waals surface area contributed by atoms with E-state index in [4.69, 9.17) is 11.6 Å². The molecule has 112 valence electrons. The van der Waals surface area contributed by atoms with Crippen molar-refractivity contribution in [2.24, 2.45) is 0 Å². The molecule has 1 heterocycles. The number of carbonyl (C=O) groups excluding carboxylic acids is 1. The van der Waals surface area contributed by atoms with Crippen LogP contribution < -0.4 is 5.32 Å². The topological polar surface area (TPSA) is 59.8 Å². The number of aryl methyl sites for hydroxylation is 1. The molecule has 6 heteroatoms. The number of benzene rings is 1. The Balaban J connectivity index is 1.71. The van der Waals surface area contributed by atoms with Gasteiger partial charge in [-0.2, -0.15) is 5.10 Å². The molecule has 0 radical (unpaired) electrons. The van der Waals surface area contributed by atoms with Crippen LogP contribution in [0.5, 0.6) is 0 Å². The summed E-state index contributed by atoms with van der Waals surface area (Å²) in [6.45, 7) is 2.69. The van der Waals surface area contributed by atoms with Crippen LogP contribution in [-0.2, 0) is 17.8 Å². The van der Waals surface area contributed by atoms with Gasteiger partial charge in [-0.15, -0.1) is 0 Å². The quantitative estimate of drug-likeness (QED) is 0.855. The van der Waals surface area contributed by atoms with Crippen LogP contribution in [0.3, 0.4) is 0 Å². The maximum absolute atomic E-state index is 11.9. The second-order valence-electron chi connectivity index (χ2n) is 5.03. The van der Waals surface area contributed by atoms with Gasteiger partial charge < -0.3 is 5.32 Å². The van der Waals surface area contributed by atoms with Crippen molar-refractivity contribution in [3.63, 3.8) is 0 Å². The van der Waals surface area contributed by atoms with Crippen LogP contribution in [-0.4, -0.2) is 26.7 Å². The predicted molar refractivity (Wildman–Crippen MR) is 82.0 cm³/mol. The van der Waals surface area contributed by atoms with Gasteiger partial charge in [-0.25, -0.2) is 4.98 Å². The van der Waals surface area contributed by atoms with Crippen molar-refractivity contribution in [3.05, 3.63) is 47.5 Å². The van der Waals surface area contributed by atoms with Gasteiger partial charge >= 0.3 is 0 Å². The van der Waals surface area contributed by atoms with Crippen LogP contribution in [0.4, 0.5) is 0 Å². The fourth-order valence-corrected chi connectivity index (χ4v) is 2.35. The average molecular weight is 307 g/mol. The van der Waals surface area contributed by atoms with E-state index in [0.29, 0.717) is 13.0 Å². The number of aromatic nitrogens is 3. The Labute approximate surface area is 129 Å². The van der Waals surface area contributed by atoms with Gasteiger partial charge in [-0.3, -0.25) is 9.48 Å². The van der Waals surface area contributed by atoms with E-state index in [1.54, 1.807) is 11.0 Å². The molecule has 5 nitrogen and oxygen atoms in total. The molecular formula is C15H19ClN4O. The molecular weight excluding hydrogens is 288 g/mol. The molecule has 0 aliphatic rings. The third kappa shape index (κ3) is 5.19. The van der Waals surface area contributed by atoms with Gasteiger partial charge in [0.25, 0.3) is 0 Å². The average Bonchev–Trinajstić information content (AvgIpc) is 2.94. The third-order valence-electron chi connectivity index (χ3n) is 3.15. The number of nitrogens with zero attached hydrogens (tertiary/aromatic N) is 3. The first-order valence-corrected chi connectivity index (χ1v) is 7.38. The van der Waals surface area contributed by atoms with E-state index in [2.05, 4.69) is 15.4 Å². The Hall–Kier alpha value is -1.88. The van der Waals surface area contributed by atoms with E-state index >= 15 is 0 Å². The Morgan fingerprint density at radius 2 is 2.24 bits per heavy atom. The van der Waals surface area contributed by atoms with Gasteiger partial charge in [0.15, 0.2) is 0 Å². The normalized spacial score (nSPS) is 12.1. The lowest BCUT2D eigenvalue weighted by Crippen LogP contribution is -2.34. The summed E-state index contributed by atoms with van der Waals surface area (Å²) in [4.78, 5) is 15.7. The second-order valence-corrected chi connectivity index (χ2v) is 5.43. The first-order chi connectivity index (χ1) is 10.1. The zero-order valence-electron chi connectivity index (χ0n) is 12.0. The summed E-state index contributed by atoms with van der Waals surface area (Å²) in [5, 5.41) is 7.73. The van der Waals surface area contributed by atoms with Crippen molar-refractivity contribution >= 4 is 17.5 Å². The molecule has 1 N–H and O–H groups in total. The van der Waals surface area contributed by atoms with Crippen LogP contribution >= 0.6 is 11.6 Å². The van der Waals surface area contributed by atoms with E-state index < -0.39 is 0 Å². The lowest BCUT2D eigenvalue weighted by atomic mass is 10.1. The van der Waals surface area contributed by atoms with Gasteiger partial charge in [-0.1, -0.05) is 29.8 Å². The first kappa shape index (κ1) is 15.5. The summed E-state index contributed by atoms with van der Waals surface area (Å²) < 4.78 is 1.72.